The van der Waals surface area contributed by atoms with Crippen molar-refractivity contribution in [2.24, 2.45) is 0 Å². The summed E-state index contributed by atoms with van der Waals surface area (Å²) >= 11 is 1.49. The van der Waals surface area contributed by atoms with Gasteiger partial charge in [0.15, 0.2) is 5.60 Å². The van der Waals surface area contributed by atoms with Gasteiger partial charge in [-0.25, -0.2) is 9.78 Å². The largest absolute Gasteiger partial charge is 0.479 e. The summed E-state index contributed by atoms with van der Waals surface area (Å²) in [4.78, 5) is 26.4. The lowest BCUT2D eigenvalue weighted by atomic mass is 10.1. The van der Waals surface area contributed by atoms with Crippen LogP contribution in [0.5, 0.6) is 0 Å². The summed E-state index contributed by atoms with van der Waals surface area (Å²) < 4.78 is 0. The van der Waals surface area contributed by atoms with Gasteiger partial charge in [-0.3, -0.25) is 4.79 Å². The van der Waals surface area contributed by atoms with Crippen LogP contribution in [0.3, 0.4) is 0 Å². The SMILES string of the molecule is CCc1nc(CC(=O)NCC(C)(O)C(=O)O)cs1. The Hall–Kier alpha value is -1.47. The van der Waals surface area contributed by atoms with Gasteiger partial charge in [-0.05, 0) is 13.3 Å². The number of hydrogen-bond donors (Lipinski definition) is 3. The van der Waals surface area contributed by atoms with Crippen LogP contribution in [0.25, 0.3) is 0 Å². The average molecular weight is 272 g/mol. The highest BCUT2D eigenvalue weighted by Crippen LogP contribution is 2.10. The van der Waals surface area contributed by atoms with E-state index in [1.165, 1.54) is 11.3 Å². The van der Waals surface area contributed by atoms with Crippen molar-refractivity contribution in [3.8, 4) is 0 Å². The smallest absolute Gasteiger partial charge is 0.337 e. The summed E-state index contributed by atoms with van der Waals surface area (Å²) in [6.07, 6.45) is 0.909. The van der Waals surface area contributed by atoms with Crippen molar-refractivity contribution >= 4 is 23.2 Å². The van der Waals surface area contributed by atoms with Crippen LogP contribution in [-0.4, -0.2) is 39.2 Å². The van der Waals surface area contributed by atoms with E-state index in [1.807, 2.05) is 6.92 Å². The van der Waals surface area contributed by atoms with Crippen LogP contribution >= 0.6 is 11.3 Å². The normalized spacial score (nSPS) is 13.9. The second-order valence-electron chi connectivity index (χ2n) is 4.12. The van der Waals surface area contributed by atoms with Crippen LogP contribution < -0.4 is 5.32 Å². The molecular formula is C11H16N2O4S. The molecule has 1 heterocycles. The standard InChI is InChI=1S/C11H16N2O4S/c1-3-9-13-7(5-18-9)4-8(14)12-6-11(2,17)10(15)16/h5,17H,3-4,6H2,1-2H3,(H,12,14)(H,15,16). The number of carbonyl (C=O) groups excluding carboxylic acids is 1. The maximum absolute atomic E-state index is 11.5. The number of nitrogens with zero attached hydrogens (tertiary/aromatic N) is 1. The van der Waals surface area contributed by atoms with E-state index in [0.29, 0.717) is 5.69 Å². The first kappa shape index (κ1) is 14.6. The molecule has 1 aromatic heterocycles. The Morgan fingerprint density at radius 2 is 2.22 bits per heavy atom. The number of aliphatic hydroxyl groups is 1. The molecule has 7 heteroatoms. The van der Waals surface area contributed by atoms with Crippen molar-refractivity contribution < 1.29 is 19.8 Å². The van der Waals surface area contributed by atoms with E-state index >= 15 is 0 Å². The Labute approximate surface area is 109 Å². The van der Waals surface area contributed by atoms with Crippen LogP contribution in [0.15, 0.2) is 5.38 Å². The van der Waals surface area contributed by atoms with Gasteiger partial charge in [0.1, 0.15) is 0 Å². The van der Waals surface area contributed by atoms with Crippen LogP contribution in [0.1, 0.15) is 24.5 Å². The lowest BCUT2D eigenvalue weighted by Gasteiger charge is -2.17. The van der Waals surface area contributed by atoms with E-state index in [0.717, 1.165) is 18.4 Å². The van der Waals surface area contributed by atoms with Crippen molar-refractivity contribution in [2.45, 2.75) is 32.3 Å². The second kappa shape index (κ2) is 5.92. The number of thiazole rings is 1. The Morgan fingerprint density at radius 3 is 2.72 bits per heavy atom. The van der Waals surface area contributed by atoms with Crippen LogP contribution in [0.4, 0.5) is 0 Å². The third-order valence-corrected chi connectivity index (χ3v) is 3.38. The molecule has 0 radical (unpaired) electrons. The Balaban J connectivity index is 2.45. The topological polar surface area (TPSA) is 99.5 Å². The third-order valence-electron chi connectivity index (χ3n) is 2.33. The lowest BCUT2D eigenvalue weighted by molar-refractivity contribution is -0.156. The molecule has 0 spiro atoms. The first-order valence-electron chi connectivity index (χ1n) is 5.51. The number of aliphatic carboxylic acids is 1. The zero-order valence-electron chi connectivity index (χ0n) is 10.3. The van der Waals surface area contributed by atoms with Crippen molar-refractivity contribution in [3.63, 3.8) is 0 Å². The number of amides is 1. The molecule has 0 saturated heterocycles. The predicted molar refractivity (Wildman–Crippen MR) is 66.5 cm³/mol. The number of carbonyl (C=O) groups is 2. The Bertz CT molecular complexity index is 442. The molecule has 1 aromatic rings. The zero-order chi connectivity index (χ0) is 13.8. The fourth-order valence-electron chi connectivity index (χ4n) is 1.17. The molecule has 0 bridgehead atoms. The first-order valence-corrected chi connectivity index (χ1v) is 6.39. The average Bonchev–Trinajstić information content (AvgIpc) is 2.74. The monoisotopic (exact) mass is 272 g/mol. The number of carboxylic acid groups (broad SMARTS) is 1. The summed E-state index contributed by atoms with van der Waals surface area (Å²) in [5.74, 6) is -1.73. The van der Waals surface area contributed by atoms with Gasteiger partial charge in [-0.1, -0.05) is 6.92 Å². The minimum absolute atomic E-state index is 0.0895. The first-order chi connectivity index (χ1) is 8.35. The van der Waals surface area contributed by atoms with Crippen molar-refractivity contribution in [1.82, 2.24) is 10.3 Å². The molecular weight excluding hydrogens is 256 g/mol. The molecule has 1 rings (SSSR count). The fourth-order valence-corrected chi connectivity index (χ4v) is 1.91. The molecule has 6 nitrogen and oxygen atoms in total. The minimum atomic E-state index is -1.95. The van der Waals surface area contributed by atoms with Crippen LogP contribution in [0, 0.1) is 0 Å². The molecule has 0 aliphatic carbocycles. The highest BCUT2D eigenvalue weighted by atomic mass is 32.1. The molecule has 1 unspecified atom stereocenters. The maximum atomic E-state index is 11.5. The van der Waals surface area contributed by atoms with E-state index in [1.54, 1.807) is 5.38 Å². The van der Waals surface area contributed by atoms with Crippen LogP contribution in [0.2, 0.25) is 0 Å². The van der Waals surface area contributed by atoms with Gasteiger partial charge in [0.25, 0.3) is 0 Å². The highest BCUT2D eigenvalue weighted by molar-refractivity contribution is 7.09. The molecule has 100 valence electrons. The van der Waals surface area contributed by atoms with E-state index in [2.05, 4.69) is 10.3 Å². The molecule has 3 N–H and O–H groups in total. The molecule has 0 aliphatic rings. The highest BCUT2D eigenvalue weighted by Gasteiger charge is 2.30. The summed E-state index contributed by atoms with van der Waals surface area (Å²) in [7, 11) is 0. The molecule has 18 heavy (non-hydrogen) atoms. The van der Waals surface area contributed by atoms with Crippen molar-refractivity contribution in [3.05, 3.63) is 16.1 Å². The van der Waals surface area contributed by atoms with Crippen LogP contribution in [-0.2, 0) is 22.4 Å². The van der Waals surface area contributed by atoms with Crippen molar-refractivity contribution in [2.75, 3.05) is 6.54 Å². The van der Waals surface area contributed by atoms with Gasteiger partial charge >= 0.3 is 5.97 Å². The van der Waals surface area contributed by atoms with Gasteiger partial charge in [0.2, 0.25) is 5.91 Å². The molecule has 0 aromatic carbocycles. The third kappa shape index (κ3) is 4.08. The Morgan fingerprint density at radius 1 is 1.56 bits per heavy atom. The molecule has 1 amide bonds. The summed E-state index contributed by atoms with van der Waals surface area (Å²) in [6, 6.07) is 0. The minimum Gasteiger partial charge on any atom is -0.479 e. The maximum Gasteiger partial charge on any atom is 0.337 e. The van der Waals surface area contributed by atoms with Gasteiger partial charge < -0.3 is 15.5 Å². The summed E-state index contributed by atoms with van der Waals surface area (Å²) in [5.41, 5.74) is -1.30. The molecule has 0 saturated carbocycles. The lowest BCUT2D eigenvalue weighted by Crippen LogP contribution is -2.46. The number of carboxylic acids is 1. The number of aryl methyl sites for hydroxylation is 1. The van der Waals surface area contributed by atoms with Gasteiger partial charge in [0, 0.05) is 5.38 Å². The number of nitrogens with one attached hydrogen (secondary N) is 1. The molecule has 0 aliphatic heterocycles. The Kier molecular flexibility index (Phi) is 4.80. The van der Waals surface area contributed by atoms with E-state index in [9.17, 15) is 14.7 Å². The van der Waals surface area contributed by atoms with E-state index < -0.39 is 11.6 Å². The van der Waals surface area contributed by atoms with E-state index in [-0.39, 0.29) is 18.9 Å². The molecule has 0 fully saturated rings. The second-order valence-corrected chi connectivity index (χ2v) is 5.06. The zero-order valence-corrected chi connectivity index (χ0v) is 11.1. The molecule has 1 atom stereocenters. The van der Waals surface area contributed by atoms with E-state index in [4.69, 9.17) is 5.11 Å². The summed E-state index contributed by atoms with van der Waals surface area (Å²) in [5, 5.41) is 23.2. The van der Waals surface area contributed by atoms with Gasteiger partial charge in [-0.2, -0.15) is 0 Å². The number of hydrogen-bond acceptors (Lipinski definition) is 5. The fraction of sp³-hybridized carbons (Fsp3) is 0.545. The van der Waals surface area contributed by atoms with Gasteiger partial charge in [-0.15, -0.1) is 11.3 Å². The number of aromatic nitrogens is 1. The predicted octanol–water partition coefficient (Wildman–Crippen LogP) is 0.200. The van der Waals surface area contributed by atoms with Gasteiger partial charge in [0.05, 0.1) is 23.7 Å². The summed E-state index contributed by atoms with van der Waals surface area (Å²) in [6.45, 7) is 2.78. The number of rotatable bonds is 6. The van der Waals surface area contributed by atoms with Crippen molar-refractivity contribution in [1.29, 1.82) is 0 Å². The quantitative estimate of drug-likeness (QED) is 0.687.